The van der Waals surface area contributed by atoms with Crippen molar-refractivity contribution in [2.24, 2.45) is 11.7 Å². The summed E-state index contributed by atoms with van der Waals surface area (Å²) in [6.07, 6.45) is 5.11. The summed E-state index contributed by atoms with van der Waals surface area (Å²) >= 11 is 0. The Bertz CT molecular complexity index is 737. The van der Waals surface area contributed by atoms with Gasteiger partial charge in [0.25, 0.3) is 0 Å². The lowest BCUT2D eigenvalue weighted by Crippen LogP contribution is -2.22. The number of rotatable bonds is 9. The molecular weight excluding hydrogens is 310 g/mol. The number of allylic oxidation sites excluding steroid dienone is 1. The van der Waals surface area contributed by atoms with E-state index in [1.165, 1.54) is 16.7 Å². The molecule has 0 bridgehead atoms. The second kappa shape index (κ2) is 9.07. The minimum atomic E-state index is -0.232. The van der Waals surface area contributed by atoms with Crippen LogP contribution in [0.15, 0.2) is 55.1 Å². The van der Waals surface area contributed by atoms with Crippen LogP contribution in [0.3, 0.4) is 0 Å². The first-order valence-electron chi connectivity index (χ1n) is 8.69. The lowest BCUT2D eigenvalue weighted by atomic mass is 9.93. The van der Waals surface area contributed by atoms with Crippen molar-refractivity contribution in [2.45, 2.75) is 32.6 Å². The average Bonchev–Trinajstić information content (AvgIpc) is 2.61. The van der Waals surface area contributed by atoms with Crippen LogP contribution in [-0.4, -0.2) is 13.0 Å². The molecule has 25 heavy (non-hydrogen) atoms. The van der Waals surface area contributed by atoms with Crippen LogP contribution in [-0.2, 0) is 11.2 Å². The summed E-state index contributed by atoms with van der Waals surface area (Å²) in [5.74, 6) is 0.528. The van der Waals surface area contributed by atoms with Gasteiger partial charge in [-0.3, -0.25) is 4.79 Å². The van der Waals surface area contributed by atoms with Crippen LogP contribution in [0.5, 0.6) is 5.75 Å². The molecule has 2 N–H and O–H groups in total. The Morgan fingerprint density at radius 2 is 2.08 bits per heavy atom. The highest BCUT2D eigenvalue weighted by Crippen LogP contribution is 2.28. The van der Waals surface area contributed by atoms with Gasteiger partial charge >= 0.3 is 0 Å². The van der Waals surface area contributed by atoms with Gasteiger partial charge in [-0.1, -0.05) is 36.4 Å². The number of benzene rings is 2. The zero-order chi connectivity index (χ0) is 18.2. The van der Waals surface area contributed by atoms with Gasteiger partial charge in [0, 0.05) is 5.92 Å². The van der Waals surface area contributed by atoms with Gasteiger partial charge in [0.2, 0.25) is 5.91 Å². The van der Waals surface area contributed by atoms with E-state index < -0.39 is 0 Å². The first-order valence-corrected chi connectivity index (χ1v) is 8.69. The van der Waals surface area contributed by atoms with Gasteiger partial charge in [0.15, 0.2) is 0 Å². The molecule has 132 valence electrons. The number of aryl methyl sites for hydroxylation is 2. The summed E-state index contributed by atoms with van der Waals surface area (Å²) in [7, 11) is 1.68. The van der Waals surface area contributed by atoms with Crippen LogP contribution in [0.1, 0.15) is 30.4 Å². The quantitative estimate of drug-likeness (QED) is 0.676. The zero-order valence-electron chi connectivity index (χ0n) is 15.1. The molecule has 2 aromatic carbocycles. The molecule has 0 aromatic heterocycles. The van der Waals surface area contributed by atoms with Gasteiger partial charge in [-0.2, -0.15) is 0 Å². The minimum Gasteiger partial charge on any atom is -0.497 e. The maximum atomic E-state index is 11.4. The molecule has 0 spiro atoms. The molecular formula is C22H27NO2. The van der Waals surface area contributed by atoms with Crippen molar-refractivity contribution in [3.63, 3.8) is 0 Å². The predicted octanol–water partition coefficient (Wildman–Crippen LogP) is 4.67. The third-order valence-corrected chi connectivity index (χ3v) is 4.54. The third kappa shape index (κ3) is 5.21. The lowest BCUT2D eigenvalue weighted by Gasteiger charge is -2.12. The second-order valence-corrected chi connectivity index (χ2v) is 6.40. The molecule has 2 rings (SSSR count). The molecule has 1 unspecified atom stereocenters. The van der Waals surface area contributed by atoms with E-state index in [0.717, 1.165) is 30.6 Å². The van der Waals surface area contributed by atoms with E-state index in [0.29, 0.717) is 6.42 Å². The lowest BCUT2D eigenvalue weighted by molar-refractivity contribution is -0.121. The highest BCUT2D eigenvalue weighted by molar-refractivity contribution is 5.76. The molecule has 0 aliphatic heterocycles. The topological polar surface area (TPSA) is 52.3 Å². The molecule has 3 heteroatoms. The number of methoxy groups -OCH3 is 1. The summed E-state index contributed by atoms with van der Waals surface area (Å²) in [6, 6.07) is 14.6. The number of hydrogen-bond acceptors (Lipinski definition) is 2. The van der Waals surface area contributed by atoms with E-state index in [1.807, 2.05) is 12.1 Å². The molecule has 3 nitrogen and oxygen atoms in total. The average molecular weight is 337 g/mol. The van der Waals surface area contributed by atoms with Gasteiger partial charge in [-0.05, 0) is 67.0 Å². The highest BCUT2D eigenvalue weighted by atomic mass is 16.5. The molecule has 0 fully saturated rings. The van der Waals surface area contributed by atoms with Gasteiger partial charge in [0.05, 0.1) is 7.11 Å². The normalized spacial score (nSPS) is 11.8. The maximum absolute atomic E-state index is 11.4. The summed E-state index contributed by atoms with van der Waals surface area (Å²) in [5, 5.41) is 0. The van der Waals surface area contributed by atoms with Crippen LogP contribution in [0.25, 0.3) is 11.1 Å². The van der Waals surface area contributed by atoms with Gasteiger partial charge < -0.3 is 10.5 Å². The fourth-order valence-electron chi connectivity index (χ4n) is 3.13. The minimum absolute atomic E-state index is 0.102. The van der Waals surface area contributed by atoms with Crippen molar-refractivity contribution in [3.8, 4) is 16.9 Å². The first kappa shape index (κ1) is 18.8. The smallest absolute Gasteiger partial charge is 0.220 e. The molecule has 1 atom stereocenters. The summed E-state index contributed by atoms with van der Waals surface area (Å²) in [6.45, 7) is 5.82. The maximum Gasteiger partial charge on any atom is 0.220 e. The Kier molecular flexibility index (Phi) is 6.81. The largest absolute Gasteiger partial charge is 0.497 e. The number of nitrogens with two attached hydrogens (primary N) is 1. The van der Waals surface area contributed by atoms with Crippen LogP contribution in [0.4, 0.5) is 0 Å². The van der Waals surface area contributed by atoms with E-state index in [-0.39, 0.29) is 11.8 Å². The van der Waals surface area contributed by atoms with Crippen LogP contribution >= 0.6 is 0 Å². The van der Waals surface area contributed by atoms with Crippen molar-refractivity contribution in [1.82, 2.24) is 0 Å². The van der Waals surface area contributed by atoms with E-state index in [1.54, 1.807) is 13.2 Å². The molecule has 0 heterocycles. The molecule has 0 saturated carbocycles. The van der Waals surface area contributed by atoms with Gasteiger partial charge in [-0.25, -0.2) is 0 Å². The van der Waals surface area contributed by atoms with E-state index in [4.69, 9.17) is 10.5 Å². The van der Waals surface area contributed by atoms with Crippen molar-refractivity contribution >= 4 is 5.91 Å². The van der Waals surface area contributed by atoms with Crippen molar-refractivity contribution < 1.29 is 9.53 Å². The molecule has 1 amide bonds. The second-order valence-electron chi connectivity index (χ2n) is 6.40. The van der Waals surface area contributed by atoms with Crippen molar-refractivity contribution in [2.75, 3.05) is 7.11 Å². The Morgan fingerprint density at radius 1 is 1.28 bits per heavy atom. The Hall–Kier alpha value is -2.55. The van der Waals surface area contributed by atoms with Crippen LogP contribution in [0, 0.1) is 12.8 Å². The van der Waals surface area contributed by atoms with Crippen LogP contribution in [0.2, 0.25) is 0 Å². The number of amides is 1. The highest BCUT2D eigenvalue weighted by Gasteiger charge is 2.13. The number of primary amides is 1. The molecule has 0 aliphatic carbocycles. The standard InChI is InChI=1S/C22H27NO2/c1-4-7-18(22(23)24)9-5-8-17-12-13-21(16(2)14-17)19-10-6-11-20(15-19)25-3/h4,6,10-15,18H,1,5,7-9H2,2-3H3,(H2,23,24). The fourth-order valence-corrected chi connectivity index (χ4v) is 3.13. The molecule has 0 radical (unpaired) electrons. The Labute approximate surface area is 150 Å². The monoisotopic (exact) mass is 337 g/mol. The van der Waals surface area contributed by atoms with Crippen molar-refractivity contribution in [3.05, 3.63) is 66.2 Å². The van der Waals surface area contributed by atoms with E-state index >= 15 is 0 Å². The predicted molar refractivity (Wildman–Crippen MR) is 104 cm³/mol. The summed E-state index contributed by atoms with van der Waals surface area (Å²) in [4.78, 5) is 11.4. The summed E-state index contributed by atoms with van der Waals surface area (Å²) < 4.78 is 5.31. The fraction of sp³-hybridized carbons (Fsp3) is 0.318. The third-order valence-electron chi connectivity index (χ3n) is 4.54. The van der Waals surface area contributed by atoms with Gasteiger partial charge in [0.1, 0.15) is 5.75 Å². The van der Waals surface area contributed by atoms with Crippen molar-refractivity contribution in [1.29, 1.82) is 0 Å². The Morgan fingerprint density at radius 3 is 2.72 bits per heavy atom. The zero-order valence-corrected chi connectivity index (χ0v) is 15.1. The summed E-state index contributed by atoms with van der Waals surface area (Å²) in [5.41, 5.74) is 10.3. The number of hydrogen-bond donors (Lipinski definition) is 1. The Balaban J connectivity index is 2.04. The molecule has 2 aromatic rings. The van der Waals surface area contributed by atoms with E-state index in [9.17, 15) is 4.79 Å². The first-order chi connectivity index (χ1) is 12.0. The number of carbonyl (C=O) groups excluding carboxylic acids is 1. The number of carbonyl (C=O) groups is 1. The van der Waals surface area contributed by atoms with Crippen LogP contribution < -0.4 is 10.5 Å². The molecule has 0 saturated heterocycles. The SMILES string of the molecule is C=CCC(CCCc1ccc(-c2cccc(OC)c2)c(C)c1)C(N)=O. The molecule has 0 aliphatic rings. The number of ether oxygens (including phenoxy) is 1. The van der Waals surface area contributed by atoms with E-state index in [2.05, 4.69) is 43.8 Å². The van der Waals surface area contributed by atoms with Gasteiger partial charge in [-0.15, -0.1) is 6.58 Å².